The van der Waals surface area contributed by atoms with Crippen LogP contribution < -0.4 is 5.56 Å². The molecule has 7 heteroatoms. The molecule has 2 aromatic heterocycles. The lowest BCUT2D eigenvalue weighted by Gasteiger charge is -2.19. The van der Waals surface area contributed by atoms with Crippen LogP contribution in [0.15, 0.2) is 65.6 Å². The Balaban J connectivity index is 1.71. The van der Waals surface area contributed by atoms with Gasteiger partial charge >= 0.3 is 0 Å². The largest absolute Gasteiger partial charge is 0.342 e. The first-order chi connectivity index (χ1) is 18.0. The summed E-state index contributed by atoms with van der Waals surface area (Å²) in [5.41, 5.74) is 4.52. The molecule has 4 rings (SSSR count). The van der Waals surface area contributed by atoms with Gasteiger partial charge in [0.25, 0.3) is 5.56 Å². The molecule has 0 saturated carbocycles. The van der Waals surface area contributed by atoms with Gasteiger partial charge < -0.3 is 14.0 Å². The van der Waals surface area contributed by atoms with Gasteiger partial charge in [0, 0.05) is 32.3 Å². The zero-order valence-corrected chi connectivity index (χ0v) is 21.8. The molecule has 0 radical (unpaired) electrons. The second-order valence-electron chi connectivity index (χ2n) is 9.12. The van der Waals surface area contributed by atoms with E-state index in [0.717, 1.165) is 41.8 Å². The predicted molar refractivity (Wildman–Crippen MR) is 146 cm³/mol. The Morgan fingerprint density at radius 3 is 2.43 bits per heavy atom. The van der Waals surface area contributed by atoms with Crippen LogP contribution in [0.5, 0.6) is 0 Å². The van der Waals surface area contributed by atoms with E-state index in [1.807, 2.05) is 73.0 Å². The molecule has 0 unspecified atom stereocenters. The summed E-state index contributed by atoms with van der Waals surface area (Å²) >= 11 is 0. The average Bonchev–Trinajstić information content (AvgIpc) is 3.27. The molecule has 0 bridgehead atoms. The zero-order valence-electron chi connectivity index (χ0n) is 21.8. The maximum atomic E-state index is 13.6. The number of carbonyl (C=O) groups excluding carboxylic acids is 1. The van der Waals surface area contributed by atoms with Gasteiger partial charge in [-0.3, -0.25) is 9.59 Å². The van der Waals surface area contributed by atoms with Crippen molar-refractivity contribution >= 4 is 16.9 Å². The SMILES string of the molecule is CCCCc1nc2ccn(CC(=O)N(CC)CC)c(=O)c2n1Cc1ccc(-c2ccccc2C#N)cc1. The predicted octanol–water partition coefficient (Wildman–Crippen LogP) is 5.00. The minimum absolute atomic E-state index is 0.0128. The van der Waals surface area contributed by atoms with E-state index < -0.39 is 0 Å². The van der Waals surface area contributed by atoms with Crippen molar-refractivity contribution in [1.29, 1.82) is 5.26 Å². The van der Waals surface area contributed by atoms with Crippen LogP contribution in [0.1, 0.15) is 50.6 Å². The van der Waals surface area contributed by atoms with E-state index in [0.29, 0.717) is 36.2 Å². The van der Waals surface area contributed by atoms with Crippen molar-refractivity contribution in [2.75, 3.05) is 13.1 Å². The van der Waals surface area contributed by atoms with E-state index in [1.54, 1.807) is 11.1 Å². The van der Waals surface area contributed by atoms with E-state index >= 15 is 0 Å². The van der Waals surface area contributed by atoms with Crippen LogP contribution >= 0.6 is 0 Å². The Hall–Kier alpha value is -4.18. The Morgan fingerprint density at radius 1 is 1.03 bits per heavy atom. The van der Waals surface area contributed by atoms with Crippen LogP contribution in [0.2, 0.25) is 0 Å². The molecule has 1 amide bonds. The Kier molecular flexibility index (Phi) is 8.19. The minimum atomic E-state index is -0.201. The number of aromatic nitrogens is 3. The molecule has 7 nitrogen and oxygen atoms in total. The molecule has 0 aliphatic heterocycles. The van der Waals surface area contributed by atoms with E-state index in [-0.39, 0.29) is 18.0 Å². The minimum Gasteiger partial charge on any atom is -0.342 e. The smallest absolute Gasteiger partial charge is 0.277 e. The monoisotopic (exact) mass is 495 g/mol. The highest BCUT2D eigenvalue weighted by Crippen LogP contribution is 2.24. The van der Waals surface area contributed by atoms with Crippen LogP contribution in [-0.2, 0) is 24.3 Å². The molecule has 0 N–H and O–H groups in total. The first-order valence-corrected chi connectivity index (χ1v) is 12.9. The number of imidazole rings is 1. The standard InChI is InChI=1S/C30H33N5O2/c1-4-7-12-27-32-26-17-18-34(21-28(36)33(5-2)6-3)30(37)29(26)35(27)20-22-13-15-23(16-14-22)25-11-9-8-10-24(25)19-31/h8-11,13-18H,4-7,12,20-21H2,1-3H3. The number of nitriles is 1. The maximum absolute atomic E-state index is 13.6. The number of pyridine rings is 1. The van der Waals surface area contributed by atoms with E-state index in [4.69, 9.17) is 4.98 Å². The molecular weight excluding hydrogens is 462 g/mol. The molecule has 0 spiro atoms. The summed E-state index contributed by atoms with van der Waals surface area (Å²) in [7, 11) is 0. The third-order valence-electron chi connectivity index (χ3n) is 6.78. The van der Waals surface area contributed by atoms with Crippen LogP contribution in [0, 0.1) is 11.3 Å². The third kappa shape index (κ3) is 5.49. The fourth-order valence-corrected chi connectivity index (χ4v) is 4.67. The van der Waals surface area contributed by atoms with Crippen LogP contribution in [0.4, 0.5) is 0 Å². The van der Waals surface area contributed by atoms with Gasteiger partial charge in [-0.25, -0.2) is 4.98 Å². The molecule has 0 aliphatic carbocycles. The van der Waals surface area contributed by atoms with Crippen molar-refractivity contribution in [1.82, 2.24) is 19.0 Å². The van der Waals surface area contributed by atoms with Crippen molar-refractivity contribution < 1.29 is 4.79 Å². The lowest BCUT2D eigenvalue weighted by atomic mass is 9.99. The summed E-state index contributed by atoms with van der Waals surface area (Å²) in [4.78, 5) is 32.8. The van der Waals surface area contributed by atoms with E-state index in [9.17, 15) is 14.9 Å². The lowest BCUT2D eigenvalue weighted by molar-refractivity contribution is -0.131. The van der Waals surface area contributed by atoms with Gasteiger partial charge in [-0.1, -0.05) is 55.8 Å². The van der Waals surface area contributed by atoms with Crippen molar-refractivity contribution in [3.05, 3.63) is 88.1 Å². The first kappa shape index (κ1) is 25.9. The number of hydrogen-bond donors (Lipinski definition) is 0. The Labute approximate surface area is 217 Å². The van der Waals surface area contributed by atoms with E-state index in [2.05, 4.69) is 13.0 Å². The lowest BCUT2D eigenvalue weighted by Crippen LogP contribution is -2.36. The summed E-state index contributed by atoms with van der Waals surface area (Å²) in [5, 5.41) is 9.45. The second-order valence-corrected chi connectivity index (χ2v) is 9.12. The number of unbranched alkanes of at least 4 members (excludes halogenated alkanes) is 1. The van der Waals surface area contributed by atoms with Gasteiger partial charge in [0.15, 0.2) is 0 Å². The molecule has 0 saturated heterocycles. The summed E-state index contributed by atoms with van der Waals surface area (Å²) in [6, 6.07) is 19.7. The highest BCUT2D eigenvalue weighted by Gasteiger charge is 2.18. The quantitative estimate of drug-likeness (QED) is 0.310. The Morgan fingerprint density at radius 2 is 1.76 bits per heavy atom. The highest BCUT2D eigenvalue weighted by molar-refractivity contribution is 5.78. The molecule has 37 heavy (non-hydrogen) atoms. The number of benzene rings is 2. The summed E-state index contributed by atoms with van der Waals surface area (Å²) < 4.78 is 3.50. The van der Waals surface area contributed by atoms with Gasteiger partial charge in [-0.2, -0.15) is 5.26 Å². The summed E-state index contributed by atoms with van der Waals surface area (Å²) in [6.07, 6.45) is 4.45. The molecule has 2 aromatic carbocycles. The molecule has 190 valence electrons. The highest BCUT2D eigenvalue weighted by atomic mass is 16.2. The van der Waals surface area contributed by atoms with Crippen LogP contribution in [0.25, 0.3) is 22.2 Å². The molecule has 4 aromatic rings. The molecule has 0 aliphatic rings. The van der Waals surface area contributed by atoms with Crippen molar-refractivity contribution in [3.63, 3.8) is 0 Å². The van der Waals surface area contributed by atoms with Gasteiger partial charge in [0.05, 0.1) is 17.1 Å². The molecule has 2 heterocycles. The normalized spacial score (nSPS) is 11.0. The summed E-state index contributed by atoms with van der Waals surface area (Å²) in [5.74, 6) is 0.803. The Bertz CT molecular complexity index is 1490. The molecular formula is C30H33N5O2. The van der Waals surface area contributed by atoms with Crippen molar-refractivity contribution in [2.45, 2.75) is 53.1 Å². The topological polar surface area (TPSA) is 83.9 Å². The van der Waals surface area contributed by atoms with Gasteiger partial charge in [-0.15, -0.1) is 0 Å². The fourth-order valence-electron chi connectivity index (χ4n) is 4.67. The van der Waals surface area contributed by atoms with Crippen LogP contribution in [0.3, 0.4) is 0 Å². The number of nitrogens with zero attached hydrogens (tertiary/aromatic N) is 5. The zero-order chi connectivity index (χ0) is 26.4. The first-order valence-electron chi connectivity index (χ1n) is 12.9. The maximum Gasteiger partial charge on any atom is 0.277 e. The number of rotatable bonds is 10. The second kappa shape index (κ2) is 11.7. The average molecular weight is 496 g/mol. The number of carbonyl (C=O) groups is 1. The van der Waals surface area contributed by atoms with E-state index in [1.165, 1.54) is 4.57 Å². The number of fused-ring (bicyclic) bond motifs is 1. The van der Waals surface area contributed by atoms with Gasteiger partial charge in [-0.05, 0) is 49.1 Å². The number of hydrogen-bond acceptors (Lipinski definition) is 4. The number of amides is 1. The number of likely N-dealkylation sites (N-methyl/N-ethyl adjacent to an activating group) is 1. The fraction of sp³-hybridized carbons (Fsp3) is 0.333. The van der Waals surface area contributed by atoms with Crippen molar-refractivity contribution in [2.24, 2.45) is 0 Å². The molecule has 0 atom stereocenters. The summed E-state index contributed by atoms with van der Waals surface area (Å²) in [6.45, 7) is 7.74. The molecule has 0 fully saturated rings. The third-order valence-corrected chi connectivity index (χ3v) is 6.78. The number of aryl methyl sites for hydroxylation is 1. The van der Waals surface area contributed by atoms with Crippen LogP contribution in [-0.4, -0.2) is 38.0 Å². The van der Waals surface area contributed by atoms with Gasteiger partial charge in [0.1, 0.15) is 17.9 Å². The van der Waals surface area contributed by atoms with Gasteiger partial charge in [0.2, 0.25) is 5.91 Å². The van der Waals surface area contributed by atoms with Crippen molar-refractivity contribution in [3.8, 4) is 17.2 Å².